The highest BCUT2D eigenvalue weighted by Gasteiger charge is 2.14. The monoisotopic (exact) mass is 404 g/mol. The lowest BCUT2D eigenvalue weighted by atomic mass is 10.1. The van der Waals surface area contributed by atoms with Crippen molar-refractivity contribution in [1.29, 1.82) is 0 Å². The molecule has 0 bridgehead atoms. The van der Waals surface area contributed by atoms with Gasteiger partial charge >= 0.3 is 5.97 Å². The molecule has 2 rings (SSSR count). The largest absolute Gasteiger partial charge is 0.493 e. The number of amides is 2. The zero-order chi connectivity index (χ0) is 21.2. The first-order valence-electron chi connectivity index (χ1n) is 8.66. The Balaban J connectivity index is 1.80. The second kappa shape index (κ2) is 10.6. The van der Waals surface area contributed by atoms with E-state index >= 15 is 0 Å². The average molecular weight is 404 g/mol. The van der Waals surface area contributed by atoms with Gasteiger partial charge in [0.1, 0.15) is 5.82 Å². The Hall–Kier alpha value is -3.62. The summed E-state index contributed by atoms with van der Waals surface area (Å²) in [4.78, 5) is 34.7. The van der Waals surface area contributed by atoms with Crippen LogP contribution in [0.4, 0.5) is 4.39 Å². The van der Waals surface area contributed by atoms with Gasteiger partial charge < -0.3 is 25.3 Å². The lowest BCUT2D eigenvalue weighted by Crippen LogP contribution is -2.30. The zero-order valence-corrected chi connectivity index (χ0v) is 15.8. The number of carbonyl (C=O) groups excluding carboxylic acids is 3. The van der Waals surface area contributed by atoms with Crippen LogP contribution in [0.2, 0.25) is 0 Å². The van der Waals surface area contributed by atoms with Gasteiger partial charge in [-0.25, -0.2) is 9.18 Å². The molecule has 2 aromatic carbocycles. The molecule has 0 heterocycles. The molecular formula is C20H21FN2O6. The number of rotatable bonds is 10. The van der Waals surface area contributed by atoms with Crippen molar-refractivity contribution >= 4 is 17.8 Å². The van der Waals surface area contributed by atoms with Crippen LogP contribution in [0.5, 0.6) is 11.5 Å². The number of hydrogen-bond acceptors (Lipinski definition) is 6. The molecular weight excluding hydrogens is 383 g/mol. The zero-order valence-electron chi connectivity index (χ0n) is 15.8. The van der Waals surface area contributed by atoms with Crippen LogP contribution < -0.4 is 20.5 Å². The first kappa shape index (κ1) is 21.7. The van der Waals surface area contributed by atoms with Gasteiger partial charge in [-0.2, -0.15) is 0 Å². The maximum absolute atomic E-state index is 12.8. The number of nitrogens with one attached hydrogen (secondary N) is 1. The van der Waals surface area contributed by atoms with Crippen molar-refractivity contribution in [1.82, 2.24) is 5.32 Å². The molecule has 0 unspecified atom stereocenters. The Bertz CT molecular complexity index is 870. The second-order valence-corrected chi connectivity index (χ2v) is 5.92. The first-order valence-corrected chi connectivity index (χ1v) is 8.66. The van der Waals surface area contributed by atoms with Crippen LogP contribution in [0.3, 0.4) is 0 Å². The van der Waals surface area contributed by atoms with E-state index in [0.29, 0.717) is 13.0 Å². The summed E-state index contributed by atoms with van der Waals surface area (Å²) in [5, 5.41) is 2.61. The Morgan fingerprint density at radius 2 is 1.76 bits per heavy atom. The average Bonchev–Trinajstić information content (AvgIpc) is 2.71. The molecule has 0 radical (unpaired) electrons. The normalized spacial score (nSPS) is 10.1. The number of hydrogen-bond donors (Lipinski definition) is 2. The Morgan fingerprint density at radius 1 is 1.03 bits per heavy atom. The maximum atomic E-state index is 12.8. The van der Waals surface area contributed by atoms with Gasteiger partial charge in [0, 0.05) is 6.54 Å². The third kappa shape index (κ3) is 7.13. The fraction of sp³-hybridized carbons (Fsp3) is 0.250. The molecule has 0 saturated carbocycles. The van der Waals surface area contributed by atoms with Gasteiger partial charge in [-0.1, -0.05) is 12.1 Å². The highest BCUT2D eigenvalue weighted by atomic mass is 19.1. The summed E-state index contributed by atoms with van der Waals surface area (Å²) in [5.74, 6) is -1.71. The molecule has 0 aliphatic rings. The predicted molar refractivity (Wildman–Crippen MR) is 101 cm³/mol. The third-order valence-electron chi connectivity index (χ3n) is 3.75. The van der Waals surface area contributed by atoms with E-state index in [1.54, 1.807) is 12.1 Å². The number of primary amides is 1. The van der Waals surface area contributed by atoms with Crippen molar-refractivity contribution < 1.29 is 33.0 Å². The summed E-state index contributed by atoms with van der Waals surface area (Å²) in [6.07, 6.45) is 0.518. The summed E-state index contributed by atoms with van der Waals surface area (Å²) in [7, 11) is 1.37. The van der Waals surface area contributed by atoms with E-state index in [0.717, 1.165) is 5.56 Å². The summed E-state index contributed by atoms with van der Waals surface area (Å²) in [6.45, 7) is -0.468. The lowest BCUT2D eigenvalue weighted by Gasteiger charge is -2.11. The summed E-state index contributed by atoms with van der Waals surface area (Å²) in [6, 6.07) is 10.2. The minimum absolute atomic E-state index is 0.146. The molecule has 3 N–H and O–H groups in total. The number of nitrogens with two attached hydrogens (primary N) is 1. The predicted octanol–water partition coefficient (Wildman–Crippen LogP) is 1.21. The number of methoxy groups -OCH3 is 1. The van der Waals surface area contributed by atoms with Crippen LogP contribution >= 0.6 is 0 Å². The number of halogens is 1. The topological polar surface area (TPSA) is 117 Å². The van der Waals surface area contributed by atoms with Crippen molar-refractivity contribution in [2.75, 3.05) is 26.9 Å². The van der Waals surface area contributed by atoms with Crippen LogP contribution in [-0.2, 0) is 20.7 Å². The van der Waals surface area contributed by atoms with Gasteiger partial charge in [0.2, 0.25) is 0 Å². The van der Waals surface area contributed by atoms with Crippen LogP contribution in [0.15, 0.2) is 42.5 Å². The van der Waals surface area contributed by atoms with E-state index in [9.17, 15) is 18.8 Å². The van der Waals surface area contributed by atoms with E-state index in [4.69, 9.17) is 19.9 Å². The Morgan fingerprint density at radius 3 is 2.41 bits per heavy atom. The molecule has 2 amide bonds. The SMILES string of the molecule is COc1cc(C(=O)OCC(=O)NCCc2ccc(F)cc2)ccc1OCC(N)=O. The van der Waals surface area contributed by atoms with Gasteiger partial charge in [0.15, 0.2) is 24.7 Å². The third-order valence-corrected chi connectivity index (χ3v) is 3.75. The standard InChI is InChI=1S/C20H21FN2O6/c1-27-17-10-14(4-7-16(17)28-11-18(22)24)20(26)29-12-19(25)23-9-8-13-2-5-15(21)6-3-13/h2-7,10H,8-9,11-12H2,1H3,(H2,22,24)(H,23,25). The number of carbonyl (C=O) groups is 3. The fourth-order valence-corrected chi connectivity index (χ4v) is 2.33. The molecule has 0 saturated heterocycles. The minimum Gasteiger partial charge on any atom is -0.493 e. The summed E-state index contributed by atoms with van der Waals surface area (Å²) < 4.78 is 28.1. The molecule has 8 nitrogen and oxygen atoms in total. The molecule has 0 spiro atoms. The highest BCUT2D eigenvalue weighted by Crippen LogP contribution is 2.28. The molecule has 0 atom stereocenters. The lowest BCUT2D eigenvalue weighted by molar-refractivity contribution is -0.124. The molecule has 0 aliphatic heterocycles. The molecule has 2 aromatic rings. The quantitative estimate of drug-likeness (QED) is 0.575. The van der Waals surface area contributed by atoms with E-state index in [1.807, 2.05) is 0 Å². The van der Waals surface area contributed by atoms with Crippen molar-refractivity contribution in [2.24, 2.45) is 5.73 Å². The minimum atomic E-state index is -0.724. The number of esters is 1. The number of benzene rings is 2. The second-order valence-electron chi connectivity index (χ2n) is 5.92. The van der Waals surface area contributed by atoms with E-state index in [2.05, 4.69) is 5.32 Å². The first-order chi connectivity index (χ1) is 13.9. The molecule has 9 heteroatoms. The van der Waals surface area contributed by atoms with Crippen molar-refractivity contribution in [3.8, 4) is 11.5 Å². The van der Waals surface area contributed by atoms with E-state index in [-0.39, 0.29) is 29.5 Å². The highest BCUT2D eigenvalue weighted by molar-refractivity contribution is 5.92. The van der Waals surface area contributed by atoms with Crippen molar-refractivity contribution in [2.45, 2.75) is 6.42 Å². The summed E-state index contributed by atoms with van der Waals surface area (Å²) in [5.41, 5.74) is 6.04. The molecule has 154 valence electrons. The Labute approximate surface area is 166 Å². The molecule has 0 fully saturated rings. The van der Waals surface area contributed by atoms with E-state index in [1.165, 1.54) is 37.4 Å². The van der Waals surface area contributed by atoms with Gasteiger partial charge in [-0.05, 0) is 42.3 Å². The van der Waals surface area contributed by atoms with Gasteiger partial charge in [0.05, 0.1) is 12.7 Å². The fourth-order valence-electron chi connectivity index (χ4n) is 2.33. The maximum Gasteiger partial charge on any atom is 0.338 e. The van der Waals surface area contributed by atoms with Crippen molar-refractivity contribution in [3.05, 3.63) is 59.4 Å². The van der Waals surface area contributed by atoms with Crippen LogP contribution in [-0.4, -0.2) is 44.7 Å². The van der Waals surface area contributed by atoms with Gasteiger partial charge in [0.25, 0.3) is 11.8 Å². The molecule has 0 aliphatic carbocycles. The molecule has 0 aromatic heterocycles. The van der Waals surface area contributed by atoms with Crippen molar-refractivity contribution in [3.63, 3.8) is 0 Å². The smallest absolute Gasteiger partial charge is 0.338 e. The molecule has 29 heavy (non-hydrogen) atoms. The number of ether oxygens (including phenoxy) is 3. The van der Waals surface area contributed by atoms with E-state index < -0.39 is 24.4 Å². The van der Waals surface area contributed by atoms with Crippen LogP contribution in [0.25, 0.3) is 0 Å². The van der Waals surface area contributed by atoms with Crippen LogP contribution in [0.1, 0.15) is 15.9 Å². The van der Waals surface area contributed by atoms with Crippen LogP contribution in [0, 0.1) is 5.82 Å². The Kier molecular flexibility index (Phi) is 7.96. The van der Waals surface area contributed by atoms with Gasteiger partial charge in [-0.3, -0.25) is 9.59 Å². The van der Waals surface area contributed by atoms with Gasteiger partial charge in [-0.15, -0.1) is 0 Å². The summed E-state index contributed by atoms with van der Waals surface area (Å²) >= 11 is 0.